The van der Waals surface area contributed by atoms with E-state index in [1.165, 1.54) is 11.3 Å². The number of fused-ring (bicyclic) bond motifs is 2. The molecule has 0 bridgehead atoms. The van der Waals surface area contributed by atoms with Gasteiger partial charge in [-0.25, -0.2) is 4.98 Å². The van der Waals surface area contributed by atoms with E-state index in [4.69, 9.17) is 4.42 Å². The Hall–Kier alpha value is -2.90. The van der Waals surface area contributed by atoms with Gasteiger partial charge in [0.05, 0.1) is 17.0 Å². The molecule has 7 heteroatoms. The molecule has 30 heavy (non-hydrogen) atoms. The number of benzene rings is 2. The van der Waals surface area contributed by atoms with E-state index in [9.17, 15) is 9.59 Å². The van der Waals surface area contributed by atoms with Crippen molar-refractivity contribution in [3.63, 3.8) is 0 Å². The largest absolute Gasteiger partial charge is 0.450 e. The number of nitrogens with zero attached hydrogens (tertiary/aromatic N) is 2. The van der Waals surface area contributed by atoms with Gasteiger partial charge in [0.1, 0.15) is 5.58 Å². The van der Waals surface area contributed by atoms with Crippen LogP contribution in [-0.2, 0) is 0 Å². The molecule has 0 spiro atoms. The number of aryl methyl sites for hydroxylation is 2. The molecule has 1 unspecified atom stereocenters. The van der Waals surface area contributed by atoms with E-state index in [-0.39, 0.29) is 17.1 Å². The number of thioether (sulfide) groups is 1. The number of hydrogen-bond acceptors (Lipinski definition) is 6. The molecular formula is C23H18N2O3S2. The number of anilines is 1. The van der Waals surface area contributed by atoms with Crippen LogP contribution < -0.4 is 10.3 Å². The van der Waals surface area contributed by atoms with Crippen LogP contribution in [0.4, 0.5) is 5.13 Å². The molecule has 1 aliphatic heterocycles. The molecule has 1 atom stereocenters. The van der Waals surface area contributed by atoms with Gasteiger partial charge >= 0.3 is 0 Å². The van der Waals surface area contributed by atoms with Crippen molar-refractivity contribution in [3.8, 4) is 0 Å². The van der Waals surface area contributed by atoms with Crippen molar-refractivity contribution >= 4 is 45.1 Å². The monoisotopic (exact) mass is 434 g/mol. The minimum Gasteiger partial charge on any atom is -0.450 e. The normalized spacial score (nSPS) is 15.8. The van der Waals surface area contributed by atoms with E-state index < -0.39 is 6.04 Å². The van der Waals surface area contributed by atoms with E-state index in [0.29, 0.717) is 21.7 Å². The maximum absolute atomic E-state index is 13.6. The lowest BCUT2D eigenvalue weighted by Gasteiger charge is -2.22. The van der Waals surface area contributed by atoms with Gasteiger partial charge in [-0.2, -0.15) is 0 Å². The second-order valence-electron chi connectivity index (χ2n) is 7.27. The first kappa shape index (κ1) is 19.1. The molecule has 5 nitrogen and oxygen atoms in total. The fourth-order valence-corrected chi connectivity index (χ4v) is 4.94. The molecule has 4 aromatic rings. The highest BCUT2D eigenvalue weighted by atomic mass is 32.2. The molecule has 5 rings (SSSR count). The quantitative estimate of drug-likeness (QED) is 0.407. The number of thiazole rings is 1. The second kappa shape index (κ2) is 7.11. The first-order chi connectivity index (χ1) is 14.5. The van der Waals surface area contributed by atoms with Crippen molar-refractivity contribution in [2.45, 2.75) is 24.8 Å². The van der Waals surface area contributed by atoms with Gasteiger partial charge in [-0.3, -0.25) is 14.5 Å². The third kappa shape index (κ3) is 2.80. The summed E-state index contributed by atoms with van der Waals surface area (Å²) in [6.07, 6.45) is 3.67. The van der Waals surface area contributed by atoms with Crippen molar-refractivity contribution < 1.29 is 9.21 Å². The fraction of sp³-hybridized carbons (Fsp3) is 0.174. The number of carbonyl (C=O) groups is 1. The SMILES string of the molecule is CSc1ccc(C2c3c(oc4cc(C)c(C)cc4c3=O)C(=O)N2c2nccs2)cc1. The summed E-state index contributed by atoms with van der Waals surface area (Å²) in [5.74, 6) is -0.235. The Morgan fingerprint density at radius 3 is 2.50 bits per heavy atom. The average Bonchev–Trinajstić information content (AvgIpc) is 3.37. The van der Waals surface area contributed by atoms with Gasteiger partial charge in [0.2, 0.25) is 5.76 Å². The molecule has 0 fully saturated rings. The zero-order valence-corrected chi connectivity index (χ0v) is 18.3. The van der Waals surface area contributed by atoms with Crippen LogP contribution in [0.5, 0.6) is 0 Å². The molecule has 150 valence electrons. The molecular weight excluding hydrogens is 416 g/mol. The maximum Gasteiger partial charge on any atom is 0.297 e. The highest BCUT2D eigenvalue weighted by molar-refractivity contribution is 7.98. The van der Waals surface area contributed by atoms with Gasteiger partial charge in [-0.1, -0.05) is 12.1 Å². The predicted octanol–water partition coefficient (Wildman–Crippen LogP) is 5.34. The Labute approximate surface area is 181 Å². The molecule has 0 radical (unpaired) electrons. The van der Waals surface area contributed by atoms with Gasteiger partial charge in [0.15, 0.2) is 10.6 Å². The number of aromatic nitrogens is 1. The molecule has 2 aromatic carbocycles. The van der Waals surface area contributed by atoms with E-state index in [2.05, 4.69) is 4.98 Å². The molecule has 1 aliphatic rings. The predicted molar refractivity (Wildman–Crippen MR) is 121 cm³/mol. The van der Waals surface area contributed by atoms with Crippen LogP contribution in [0.2, 0.25) is 0 Å². The van der Waals surface area contributed by atoms with Gasteiger partial charge < -0.3 is 4.42 Å². The lowest BCUT2D eigenvalue weighted by Crippen LogP contribution is -2.29. The van der Waals surface area contributed by atoms with Crippen molar-refractivity contribution in [3.05, 3.63) is 86.2 Å². The maximum atomic E-state index is 13.6. The Kier molecular flexibility index (Phi) is 4.52. The molecule has 2 aromatic heterocycles. The average molecular weight is 435 g/mol. The van der Waals surface area contributed by atoms with Gasteiger partial charge in [-0.15, -0.1) is 23.1 Å². The van der Waals surface area contributed by atoms with Crippen LogP contribution in [0.15, 0.2) is 62.1 Å². The Morgan fingerprint density at radius 1 is 1.10 bits per heavy atom. The molecule has 3 heterocycles. The smallest absolute Gasteiger partial charge is 0.297 e. The van der Waals surface area contributed by atoms with Crippen LogP contribution in [0.1, 0.15) is 38.9 Å². The summed E-state index contributed by atoms with van der Waals surface area (Å²) in [6, 6.07) is 11.0. The van der Waals surface area contributed by atoms with Crippen LogP contribution in [0.25, 0.3) is 11.0 Å². The van der Waals surface area contributed by atoms with E-state index in [0.717, 1.165) is 21.6 Å². The van der Waals surface area contributed by atoms with Gasteiger partial charge in [-0.05, 0) is 61.1 Å². The number of rotatable bonds is 3. The van der Waals surface area contributed by atoms with E-state index >= 15 is 0 Å². The fourth-order valence-electron chi connectivity index (χ4n) is 3.86. The first-order valence-electron chi connectivity index (χ1n) is 9.44. The molecule has 1 amide bonds. The van der Waals surface area contributed by atoms with Crippen molar-refractivity contribution in [1.82, 2.24) is 4.98 Å². The van der Waals surface area contributed by atoms with Crippen LogP contribution >= 0.6 is 23.1 Å². The summed E-state index contributed by atoms with van der Waals surface area (Å²) in [5.41, 5.74) is 3.52. The van der Waals surface area contributed by atoms with E-state index in [1.807, 2.05) is 61.9 Å². The van der Waals surface area contributed by atoms with Crippen LogP contribution in [0, 0.1) is 13.8 Å². The summed E-state index contributed by atoms with van der Waals surface area (Å²) in [5, 5.41) is 2.86. The Bertz CT molecular complexity index is 1340. The van der Waals surface area contributed by atoms with Crippen molar-refractivity contribution in [2.75, 3.05) is 11.2 Å². The lowest BCUT2D eigenvalue weighted by atomic mass is 9.97. The van der Waals surface area contributed by atoms with Crippen LogP contribution in [0.3, 0.4) is 0 Å². The van der Waals surface area contributed by atoms with Crippen molar-refractivity contribution in [1.29, 1.82) is 0 Å². The minimum absolute atomic E-state index is 0.102. The van der Waals surface area contributed by atoms with Gasteiger partial charge in [0.25, 0.3) is 5.91 Å². The third-order valence-corrected chi connectivity index (χ3v) is 7.06. The number of amides is 1. The molecule has 0 saturated carbocycles. The second-order valence-corrected chi connectivity index (χ2v) is 9.02. The highest BCUT2D eigenvalue weighted by Crippen LogP contribution is 2.42. The zero-order chi connectivity index (χ0) is 21.0. The Morgan fingerprint density at radius 2 is 1.83 bits per heavy atom. The van der Waals surface area contributed by atoms with Crippen LogP contribution in [-0.4, -0.2) is 17.1 Å². The molecule has 0 saturated heterocycles. The Balaban J connectivity index is 1.81. The first-order valence-corrected chi connectivity index (χ1v) is 11.5. The summed E-state index contributed by atoms with van der Waals surface area (Å²) >= 11 is 3.00. The lowest BCUT2D eigenvalue weighted by molar-refractivity contribution is 0.0971. The summed E-state index contributed by atoms with van der Waals surface area (Å²) in [7, 11) is 0. The summed E-state index contributed by atoms with van der Waals surface area (Å²) in [4.78, 5) is 34.0. The number of carbonyl (C=O) groups excluding carboxylic acids is 1. The topological polar surface area (TPSA) is 63.4 Å². The van der Waals surface area contributed by atoms with Gasteiger partial charge in [0, 0.05) is 16.5 Å². The summed E-state index contributed by atoms with van der Waals surface area (Å²) in [6.45, 7) is 3.93. The summed E-state index contributed by atoms with van der Waals surface area (Å²) < 4.78 is 6.04. The molecule has 0 aliphatic carbocycles. The van der Waals surface area contributed by atoms with E-state index in [1.54, 1.807) is 22.9 Å². The van der Waals surface area contributed by atoms with Crippen molar-refractivity contribution in [2.24, 2.45) is 0 Å². The standard InChI is InChI=1S/C23H18N2O3S2/c1-12-10-16-17(11-13(12)2)28-21-18(20(16)26)19(14-4-6-15(29-3)7-5-14)25(22(21)27)23-24-8-9-30-23/h4-11,19H,1-3H3. The third-order valence-electron chi connectivity index (χ3n) is 5.54. The zero-order valence-electron chi connectivity index (χ0n) is 16.6. The molecule has 0 N–H and O–H groups in total. The number of hydrogen-bond donors (Lipinski definition) is 0. The minimum atomic E-state index is -0.572. The highest BCUT2D eigenvalue weighted by Gasteiger charge is 2.44.